The summed E-state index contributed by atoms with van der Waals surface area (Å²) < 4.78 is 5.39. The Morgan fingerprint density at radius 1 is 1.00 bits per heavy atom. The molecule has 2 heterocycles. The summed E-state index contributed by atoms with van der Waals surface area (Å²) in [6.45, 7) is 3.81. The Kier molecular flexibility index (Phi) is 5.29. The van der Waals surface area contributed by atoms with E-state index in [9.17, 15) is 14.7 Å². The zero-order chi connectivity index (χ0) is 22.1. The summed E-state index contributed by atoms with van der Waals surface area (Å²) in [4.78, 5) is 32.0. The molecule has 0 aliphatic carbocycles. The van der Waals surface area contributed by atoms with Crippen LogP contribution in [0.3, 0.4) is 0 Å². The summed E-state index contributed by atoms with van der Waals surface area (Å²) in [6.07, 6.45) is 1.60. The molecule has 1 saturated heterocycles. The molecule has 0 spiro atoms. The van der Waals surface area contributed by atoms with Crippen molar-refractivity contribution >= 4 is 23.1 Å². The molecule has 2 aromatic carbocycles. The number of ether oxygens (including phenoxy) is 1. The van der Waals surface area contributed by atoms with Crippen LogP contribution < -0.4 is 9.64 Å². The van der Waals surface area contributed by atoms with Gasteiger partial charge in [-0.25, -0.2) is 0 Å². The SMILES string of the molecule is COc1ccc(C)cc1/C(O)=C1\C(=O)C(=O)N(c2ccc(C)cc2)C1c1ccccn1. The van der Waals surface area contributed by atoms with E-state index in [1.165, 1.54) is 12.0 Å². The molecule has 0 bridgehead atoms. The summed E-state index contributed by atoms with van der Waals surface area (Å²) in [5, 5.41) is 11.3. The van der Waals surface area contributed by atoms with Gasteiger partial charge in [0.15, 0.2) is 0 Å². The number of rotatable bonds is 4. The number of aliphatic hydroxyl groups is 1. The number of aliphatic hydroxyl groups excluding tert-OH is 1. The Morgan fingerprint density at radius 2 is 1.71 bits per heavy atom. The normalized spacial score (nSPS) is 17.8. The van der Waals surface area contributed by atoms with E-state index in [4.69, 9.17) is 4.74 Å². The average molecular weight is 414 g/mol. The number of ketones is 1. The minimum absolute atomic E-state index is 0.0202. The third-order valence-electron chi connectivity index (χ3n) is 5.33. The van der Waals surface area contributed by atoms with E-state index in [1.807, 2.05) is 32.0 Å². The fraction of sp³-hybridized carbons (Fsp3) is 0.160. The number of benzene rings is 2. The topological polar surface area (TPSA) is 79.7 Å². The highest BCUT2D eigenvalue weighted by Gasteiger charge is 2.47. The first-order valence-electron chi connectivity index (χ1n) is 9.86. The van der Waals surface area contributed by atoms with Crippen molar-refractivity contribution in [2.75, 3.05) is 12.0 Å². The van der Waals surface area contributed by atoms with Gasteiger partial charge in [-0.2, -0.15) is 0 Å². The zero-order valence-corrected chi connectivity index (χ0v) is 17.5. The van der Waals surface area contributed by atoms with Crippen LogP contribution in [0.15, 0.2) is 72.4 Å². The molecule has 156 valence electrons. The van der Waals surface area contributed by atoms with Crippen LogP contribution in [0.4, 0.5) is 5.69 Å². The molecule has 1 unspecified atom stereocenters. The van der Waals surface area contributed by atoms with Crippen molar-refractivity contribution in [3.63, 3.8) is 0 Å². The number of anilines is 1. The molecular weight excluding hydrogens is 392 g/mol. The number of hydrogen-bond donors (Lipinski definition) is 1. The fourth-order valence-corrected chi connectivity index (χ4v) is 3.77. The van der Waals surface area contributed by atoms with E-state index in [0.717, 1.165) is 11.1 Å². The lowest BCUT2D eigenvalue weighted by Gasteiger charge is -2.24. The molecule has 0 radical (unpaired) electrons. The number of carbonyl (C=O) groups is 2. The molecule has 6 nitrogen and oxygen atoms in total. The number of Topliss-reactive ketones (excluding diaryl/α,β-unsaturated/α-hetero) is 1. The van der Waals surface area contributed by atoms with Crippen LogP contribution in [0.1, 0.15) is 28.4 Å². The van der Waals surface area contributed by atoms with Crippen molar-refractivity contribution < 1.29 is 19.4 Å². The Labute approximate surface area is 180 Å². The Hall–Kier alpha value is -3.93. The van der Waals surface area contributed by atoms with E-state index in [2.05, 4.69) is 4.98 Å². The van der Waals surface area contributed by atoms with Gasteiger partial charge in [0.1, 0.15) is 17.6 Å². The highest BCUT2D eigenvalue weighted by atomic mass is 16.5. The van der Waals surface area contributed by atoms with Crippen LogP contribution >= 0.6 is 0 Å². The quantitative estimate of drug-likeness (QED) is 0.390. The van der Waals surface area contributed by atoms with Crippen molar-refractivity contribution in [1.29, 1.82) is 0 Å². The van der Waals surface area contributed by atoms with Gasteiger partial charge >= 0.3 is 0 Å². The first-order chi connectivity index (χ1) is 14.9. The molecule has 6 heteroatoms. The maximum atomic E-state index is 13.2. The summed E-state index contributed by atoms with van der Waals surface area (Å²) in [5.41, 5.74) is 3.27. The van der Waals surface area contributed by atoms with Gasteiger partial charge in [0.05, 0.1) is 23.9 Å². The number of hydrogen-bond acceptors (Lipinski definition) is 5. The lowest BCUT2D eigenvalue weighted by Crippen LogP contribution is -2.29. The molecule has 1 aromatic heterocycles. The molecule has 0 saturated carbocycles. The zero-order valence-electron chi connectivity index (χ0n) is 17.5. The number of aryl methyl sites for hydroxylation is 2. The number of aromatic nitrogens is 1. The lowest BCUT2D eigenvalue weighted by atomic mass is 9.97. The molecule has 4 rings (SSSR count). The maximum Gasteiger partial charge on any atom is 0.300 e. The largest absolute Gasteiger partial charge is 0.507 e. The van der Waals surface area contributed by atoms with Crippen LogP contribution in [0.2, 0.25) is 0 Å². The van der Waals surface area contributed by atoms with Gasteiger partial charge in [0.2, 0.25) is 0 Å². The van der Waals surface area contributed by atoms with Gasteiger partial charge in [-0.15, -0.1) is 0 Å². The third-order valence-corrected chi connectivity index (χ3v) is 5.33. The van der Waals surface area contributed by atoms with Gasteiger partial charge in [0.25, 0.3) is 11.7 Å². The summed E-state index contributed by atoms with van der Waals surface area (Å²) in [6, 6.07) is 17.0. The fourth-order valence-electron chi connectivity index (χ4n) is 3.77. The average Bonchev–Trinajstić information content (AvgIpc) is 3.05. The van der Waals surface area contributed by atoms with E-state index in [0.29, 0.717) is 22.7 Å². The molecule has 1 aliphatic heterocycles. The van der Waals surface area contributed by atoms with Gasteiger partial charge < -0.3 is 9.84 Å². The number of carbonyl (C=O) groups excluding carboxylic acids is 2. The smallest absolute Gasteiger partial charge is 0.300 e. The summed E-state index contributed by atoms with van der Waals surface area (Å²) in [5.74, 6) is -1.36. The van der Waals surface area contributed by atoms with Crippen molar-refractivity contribution in [3.05, 3.63) is 94.8 Å². The molecular formula is C25H22N2O4. The summed E-state index contributed by atoms with van der Waals surface area (Å²) >= 11 is 0. The summed E-state index contributed by atoms with van der Waals surface area (Å²) in [7, 11) is 1.49. The first kappa shape index (κ1) is 20.3. The van der Waals surface area contributed by atoms with E-state index in [1.54, 1.807) is 48.7 Å². The van der Waals surface area contributed by atoms with Gasteiger partial charge in [-0.3, -0.25) is 19.5 Å². The highest BCUT2D eigenvalue weighted by molar-refractivity contribution is 6.51. The van der Waals surface area contributed by atoms with Crippen molar-refractivity contribution in [2.24, 2.45) is 0 Å². The Morgan fingerprint density at radius 3 is 2.35 bits per heavy atom. The monoisotopic (exact) mass is 414 g/mol. The van der Waals surface area contributed by atoms with Crippen LogP contribution in [-0.4, -0.2) is 28.9 Å². The number of methoxy groups -OCH3 is 1. The number of nitrogens with zero attached hydrogens (tertiary/aromatic N) is 2. The lowest BCUT2D eigenvalue weighted by molar-refractivity contribution is -0.132. The minimum atomic E-state index is -0.867. The van der Waals surface area contributed by atoms with Gasteiger partial charge in [-0.05, 0) is 50.2 Å². The van der Waals surface area contributed by atoms with Gasteiger partial charge in [-0.1, -0.05) is 35.4 Å². The molecule has 1 atom stereocenters. The predicted octanol–water partition coefficient (Wildman–Crippen LogP) is 4.33. The maximum absolute atomic E-state index is 13.2. The second kappa shape index (κ2) is 8.07. The number of amides is 1. The van der Waals surface area contributed by atoms with Crippen molar-refractivity contribution in [1.82, 2.24) is 4.98 Å². The van der Waals surface area contributed by atoms with E-state index < -0.39 is 17.7 Å². The van der Waals surface area contributed by atoms with Crippen LogP contribution in [0.25, 0.3) is 5.76 Å². The van der Waals surface area contributed by atoms with Crippen molar-refractivity contribution in [2.45, 2.75) is 19.9 Å². The molecule has 3 aromatic rings. The van der Waals surface area contributed by atoms with Crippen LogP contribution in [-0.2, 0) is 9.59 Å². The third kappa shape index (κ3) is 3.57. The predicted molar refractivity (Wildman–Crippen MR) is 118 cm³/mol. The standard InChI is InChI=1S/C25H22N2O4/c1-15-7-10-17(11-8-15)27-22(19-6-4-5-13-26-19)21(24(29)25(27)30)23(28)18-14-16(2)9-12-20(18)31-3/h4-14,22,28H,1-3H3/b23-21+. The minimum Gasteiger partial charge on any atom is -0.507 e. The second-order valence-electron chi connectivity index (χ2n) is 7.46. The van der Waals surface area contributed by atoms with E-state index >= 15 is 0 Å². The molecule has 31 heavy (non-hydrogen) atoms. The Bertz CT molecular complexity index is 1180. The van der Waals surface area contributed by atoms with E-state index in [-0.39, 0.29) is 11.3 Å². The second-order valence-corrected chi connectivity index (χ2v) is 7.46. The molecule has 1 aliphatic rings. The molecule has 1 N–H and O–H groups in total. The van der Waals surface area contributed by atoms with Crippen LogP contribution in [0, 0.1) is 13.8 Å². The molecule has 1 fully saturated rings. The first-order valence-corrected chi connectivity index (χ1v) is 9.86. The van der Waals surface area contributed by atoms with Gasteiger partial charge in [0, 0.05) is 11.9 Å². The highest BCUT2D eigenvalue weighted by Crippen LogP contribution is 2.42. The van der Waals surface area contributed by atoms with Crippen LogP contribution in [0.5, 0.6) is 5.75 Å². The Balaban J connectivity index is 1.97. The molecule has 1 amide bonds. The number of pyridine rings is 1. The van der Waals surface area contributed by atoms with Crippen molar-refractivity contribution in [3.8, 4) is 5.75 Å².